The largest absolute Gasteiger partial charge is 0.492 e. The highest BCUT2D eigenvalue weighted by atomic mass is 79.9. The molecule has 3 amide bonds. The molecule has 0 aliphatic carbocycles. The molecule has 0 radical (unpaired) electrons. The van der Waals surface area contributed by atoms with Crippen molar-refractivity contribution in [3.63, 3.8) is 0 Å². The summed E-state index contributed by atoms with van der Waals surface area (Å²) in [5.74, 6) is 0.848. The van der Waals surface area contributed by atoms with Crippen molar-refractivity contribution in [3.05, 3.63) is 28.7 Å². The average Bonchev–Trinajstić information content (AvgIpc) is 3.16. The first-order valence-corrected chi connectivity index (χ1v) is 9.67. The van der Waals surface area contributed by atoms with Gasteiger partial charge in [-0.05, 0) is 50.4 Å². The fourth-order valence-electron chi connectivity index (χ4n) is 3.33. The van der Waals surface area contributed by atoms with Gasteiger partial charge in [0.05, 0.1) is 0 Å². The van der Waals surface area contributed by atoms with Crippen molar-refractivity contribution in [1.29, 1.82) is 0 Å². The summed E-state index contributed by atoms with van der Waals surface area (Å²) in [6, 6.07) is 7.50. The van der Waals surface area contributed by atoms with Gasteiger partial charge in [-0.15, -0.1) is 0 Å². The molecule has 2 fully saturated rings. The maximum absolute atomic E-state index is 12.2. The third kappa shape index (κ3) is 4.52. The second-order valence-corrected chi connectivity index (χ2v) is 7.30. The topological polar surface area (TPSA) is 61.9 Å². The van der Waals surface area contributed by atoms with E-state index in [-0.39, 0.29) is 18.0 Å². The molecule has 136 valence electrons. The smallest absolute Gasteiger partial charge is 0.327 e. The summed E-state index contributed by atoms with van der Waals surface area (Å²) in [5, 5.41) is 3.32. The van der Waals surface area contributed by atoms with Gasteiger partial charge >= 0.3 is 6.03 Å². The van der Waals surface area contributed by atoms with Crippen LogP contribution in [0.1, 0.15) is 25.7 Å². The molecule has 1 unspecified atom stereocenters. The average molecular weight is 410 g/mol. The molecule has 2 heterocycles. The number of halogens is 1. The van der Waals surface area contributed by atoms with Crippen molar-refractivity contribution in [3.8, 4) is 5.75 Å². The maximum atomic E-state index is 12.2. The van der Waals surface area contributed by atoms with E-state index in [1.807, 2.05) is 24.3 Å². The summed E-state index contributed by atoms with van der Waals surface area (Å²) in [6.07, 6.45) is 3.53. The number of nitrogens with zero attached hydrogens (tertiary/aromatic N) is 2. The van der Waals surface area contributed by atoms with Crippen molar-refractivity contribution in [2.24, 2.45) is 0 Å². The Morgan fingerprint density at radius 2 is 2.12 bits per heavy atom. The van der Waals surface area contributed by atoms with Gasteiger partial charge in [0, 0.05) is 24.1 Å². The van der Waals surface area contributed by atoms with Gasteiger partial charge in [0.1, 0.15) is 18.4 Å². The Kier molecular flexibility index (Phi) is 6.31. The Balaban J connectivity index is 1.25. The van der Waals surface area contributed by atoms with Gasteiger partial charge in [0.2, 0.25) is 0 Å². The molecule has 1 aromatic carbocycles. The number of nitrogens with one attached hydrogen (secondary N) is 1. The molecule has 7 heteroatoms. The highest BCUT2D eigenvalue weighted by Crippen LogP contribution is 2.27. The fourth-order valence-corrected chi connectivity index (χ4v) is 3.71. The number of imide groups is 1. The monoisotopic (exact) mass is 409 g/mol. The molecule has 6 nitrogen and oxygen atoms in total. The van der Waals surface area contributed by atoms with Gasteiger partial charge in [0.25, 0.3) is 5.91 Å². The van der Waals surface area contributed by atoms with E-state index in [0.29, 0.717) is 13.2 Å². The lowest BCUT2D eigenvalue weighted by Crippen LogP contribution is -2.34. The maximum Gasteiger partial charge on any atom is 0.327 e. The lowest BCUT2D eigenvalue weighted by atomic mass is 10.2. The van der Waals surface area contributed by atoms with Crippen LogP contribution in [0.5, 0.6) is 5.75 Å². The van der Waals surface area contributed by atoms with Crippen LogP contribution in [0.25, 0.3) is 0 Å². The van der Waals surface area contributed by atoms with Crippen molar-refractivity contribution in [2.75, 3.05) is 32.8 Å². The first-order valence-electron chi connectivity index (χ1n) is 8.88. The summed E-state index contributed by atoms with van der Waals surface area (Å²) < 4.78 is 6.65. The van der Waals surface area contributed by atoms with Crippen LogP contribution >= 0.6 is 15.9 Å². The molecule has 2 saturated heterocycles. The van der Waals surface area contributed by atoms with E-state index in [2.05, 4.69) is 21.2 Å². The molecule has 1 N–H and O–H groups in total. The van der Waals surface area contributed by atoms with Crippen LogP contribution in [0, 0.1) is 0 Å². The number of benzene rings is 1. The number of hydrogen-bond donors (Lipinski definition) is 1. The van der Waals surface area contributed by atoms with Gasteiger partial charge in [0.15, 0.2) is 0 Å². The summed E-state index contributed by atoms with van der Waals surface area (Å²) >= 11 is 3.41. The lowest BCUT2D eigenvalue weighted by Gasteiger charge is -2.15. The van der Waals surface area contributed by atoms with E-state index in [4.69, 9.17) is 4.74 Å². The predicted octanol–water partition coefficient (Wildman–Crippen LogP) is 2.62. The van der Waals surface area contributed by atoms with Crippen LogP contribution in [0.3, 0.4) is 0 Å². The van der Waals surface area contributed by atoms with E-state index < -0.39 is 0 Å². The lowest BCUT2D eigenvalue weighted by molar-refractivity contribution is -0.128. The van der Waals surface area contributed by atoms with Gasteiger partial charge in [-0.2, -0.15) is 0 Å². The van der Waals surface area contributed by atoms with E-state index in [1.165, 1.54) is 4.90 Å². The number of rotatable bonds is 9. The van der Waals surface area contributed by atoms with Gasteiger partial charge in [-0.3, -0.25) is 9.69 Å². The molecule has 0 saturated carbocycles. The van der Waals surface area contributed by atoms with E-state index in [1.54, 1.807) is 4.90 Å². The van der Waals surface area contributed by atoms with Crippen molar-refractivity contribution >= 4 is 27.9 Å². The minimum Gasteiger partial charge on any atom is -0.492 e. The molecule has 2 aliphatic rings. The molecule has 25 heavy (non-hydrogen) atoms. The van der Waals surface area contributed by atoms with Crippen molar-refractivity contribution in [2.45, 2.75) is 31.7 Å². The van der Waals surface area contributed by atoms with Crippen LogP contribution in [0.4, 0.5) is 4.79 Å². The Labute approximate surface area is 156 Å². The van der Waals surface area contributed by atoms with Crippen LogP contribution in [-0.2, 0) is 4.79 Å². The summed E-state index contributed by atoms with van der Waals surface area (Å²) in [5.41, 5.74) is 0. The number of carbonyl (C=O) groups excluding carboxylic acids is 2. The van der Waals surface area contributed by atoms with E-state index >= 15 is 0 Å². The minimum atomic E-state index is -0.180. The number of urea groups is 1. The predicted molar refractivity (Wildman–Crippen MR) is 98.6 cm³/mol. The molecule has 0 bridgehead atoms. The Morgan fingerprint density at radius 3 is 2.92 bits per heavy atom. The van der Waals surface area contributed by atoms with Crippen LogP contribution in [0.15, 0.2) is 28.7 Å². The first-order chi connectivity index (χ1) is 12.2. The first kappa shape index (κ1) is 18.2. The number of carbonyl (C=O) groups is 2. The van der Waals surface area contributed by atoms with Crippen LogP contribution in [0.2, 0.25) is 0 Å². The Morgan fingerprint density at radius 1 is 1.24 bits per heavy atom. The zero-order valence-corrected chi connectivity index (χ0v) is 15.8. The van der Waals surface area contributed by atoms with Crippen LogP contribution in [-0.4, -0.2) is 60.6 Å². The molecular formula is C18H24BrN3O3. The second-order valence-electron chi connectivity index (χ2n) is 6.39. The Hall–Kier alpha value is -1.60. The molecule has 0 aromatic heterocycles. The second kappa shape index (κ2) is 8.67. The molecule has 3 rings (SSSR count). The number of hydrogen-bond acceptors (Lipinski definition) is 4. The number of unbranched alkanes of at least 4 members (excludes halogenated alkanes) is 1. The third-order valence-corrected chi connectivity index (χ3v) is 5.10. The van der Waals surface area contributed by atoms with Crippen molar-refractivity contribution in [1.82, 2.24) is 15.1 Å². The third-order valence-electron chi connectivity index (χ3n) is 4.61. The summed E-state index contributed by atoms with van der Waals surface area (Å²) in [4.78, 5) is 27.5. The quantitative estimate of drug-likeness (QED) is 0.502. The van der Waals surface area contributed by atoms with E-state index in [0.717, 1.165) is 55.5 Å². The molecule has 0 spiro atoms. The van der Waals surface area contributed by atoms with Gasteiger partial charge < -0.3 is 15.0 Å². The summed E-state index contributed by atoms with van der Waals surface area (Å²) in [6.45, 7) is 3.48. The molecule has 1 atom stereocenters. The molecule has 1 aromatic rings. The highest BCUT2D eigenvalue weighted by Gasteiger charge is 2.46. The molecule has 2 aliphatic heterocycles. The zero-order valence-electron chi connectivity index (χ0n) is 14.2. The Bertz CT molecular complexity index is 603. The van der Waals surface area contributed by atoms with Gasteiger partial charge in [-0.25, -0.2) is 4.79 Å². The number of fused-ring (bicyclic) bond motifs is 1. The number of ether oxygens (including phenoxy) is 1. The van der Waals surface area contributed by atoms with Crippen LogP contribution < -0.4 is 10.1 Å². The SMILES string of the molecule is O=C1C2CCCN2C(=O)N1CCCCNCCOc1cccc(Br)c1. The highest BCUT2D eigenvalue weighted by molar-refractivity contribution is 9.10. The minimum absolute atomic E-state index is 0.00196. The van der Waals surface area contributed by atoms with Gasteiger partial charge in [-0.1, -0.05) is 22.0 Å². The normalized spacial score (nSPS) is 19.6. The fraction of sp³-hybridized carbons (Fsp3) is 0.556. The standard InChI is InChI=1S/C18H24BrN3O3/c19-14-5-3-6-15(13-14)25-12-9-20-8-1-2-10-22-17(23)16-7-4-11-21(16)18(22)24/h3,5-6,13,16,20H,1-2,4,7-12H2. The van der Waals surface area contributed by atoms with Crippen molar-refractivity contribution < 1.29 is 14.3 Å². The summed E-state index contributed by atoms with van der Waals surface area (Å²) in [7, 11) is 0. The molecular weight excluding hydrogens is 386 g/mol. The van der Waals surface area contributed by atoms with E-state index in [9.17, 15) is 9.59 Å². The number of amides is 3. The zero-order chi connectivity index (χ0) is 17.6.